The van der Waals surface area contributed by atoms with Gasteiger partial charge in [0, 0.05) is 22.3 Å². The van der Waals surface area contributed by atoms with E-state index in [1.54, 1.807) is 4.52 Å². The molecule has 0 radical (unpaired) electrons. The molecule has 31 heavy (non-hydrogen) atoms. The highest BCUT2D eigenvalue weighted by Gasteiger charge is 2.15. The Morgan fingerprint density at radius 1 is 1.06 bits per heavy atom. The Balaban J connectivity index is 1.43. The minimum Gasteiger partial charge on any atom is -0.301 e. The van der Waals surface area contributed by atoms with E-state index in [0.717, 1.165) is 28.2 Å². The number of aromatic nitrogens is 5. The lowest BCUT2D eigenvalue weighted by Crippen LogP contribution is -2.14. The summed E-state index contributed by atoms with van der Waals surface area (Å²) in [5.74, 6) is 0.613. The predicted octanol–water partition coefficient (Wildman–Crippen LogP) is 4.83. The number of carbonyl (C=O) groups is 1. The van der Waals surface area contributed by atoms with Gasteiger partial charge < -0.3 is 5.32 Å². The van der Waals surface area contributed by atoms with E-state index in [1.165, 1.54) is 39.8 Å². The van der Waals surface area contributed by atoms with Crippen molar-refractivity contribution in [2.45, 2.75) is 46.7 Å². The highest BCUT2D eigenvalue weighted by Crippen LogP contribution is 2.31. The van der Waals surface area contributed by atoms with Crippen LogP contribution in [0.1, 0.15) is 33.6 Å². The van der Waals surface area contributed by atoms with Crippen molar-refractivity contribution in [3.63, 3.8) is 0 Å². The van der Waals surface area contributed by atoms with Gasteiger partial charge in [-0.15, -0.1) is 16.4 Å². The summed E-state index contributed by atoms with van der Waals surface area (Å²) in [5.41, 5.74) is 8.64. The molecular weight excluding hydrogens is 428 g/mol. The minimum atomic E-state index is -0.140. The van der Waals surface area contributed by atoms with Crippen molar-refractivity contribution >= 4 is 39.9 Å². The minimum absolute atomic E-state index is 0.140. The third-order valence-corrected chi connectivity index (χ3v) is 6.85. The number of aryl methyl sites for hydroxylation is 5. The Hall–Kier alpha value is -2.78. The van der Waals surface area contributed by atoms with E-state index in [9.17, 15) is 4.79 Å². The van der Waals surface area contributed by atoms with Crippen molar-refractivity contribution in [2.75, 3.05) is 11.1 Å². The fourth-order valence-electron chi connectivity index (χ4n) is 3.61. The van der Waals surface area contributed by atoms with Crippen LogP contribution in [-0.4, -0.2) is 36.2 Å². The average molecular weight is 453 g/mol. The molecule has 1 aromatic carbocycles. The largest absolute Gasteiger partial charge is 0.301 e. The molecule has 3 aromatic heterocycles. The Bertz CT molecular complexity index is 1280. The molecule has 0 aliphatic rings. The highest BCUT2D eigenvalue weighted by molar-refractivity contribution is 7.99. The number of carbonyl (C=O) groups excluding carboxylic acids is 1. The summed E-state index contributed by atoms with van der Waals surface area (Å²) in [4.78, 5) is 26.0. The first-order valence-electron chi connectivity index (χ1n) is 9.90. The van der Waals surface area contributed by atoms with Crippen LogP contribution >= 0.6 is 23.1 Å². The third-order valence-electron chi connectivity index (χ3n) is 5.26. The molecule has 0 saturated carbocycles. The molecule has 0 bridgehead atoms. The monoisotopic (exact) mass is 452 g/mol. The van der Waals surface area contributed by atoms with Crippen molar-refractivity contribution in [2.24, 2.45) is 0 Å². The summed E-state index contributed by atoms with van der Waals surface area (Å²) in [7, 11) is 0. The molecule has 0 aliphatic heterocycles. The molecular formula is C22H24N6OS2. The molecule has 160 valence electrons. The number of amides is 1. The number of thiazole rings is 1. The number of anilines is 1. The zero-order chi connectivity index (χ0) is 22.3. The van der Waals surface area contributed by atoms with Crippen molar-refractivity contribution in [3.05, 3.63) is 51.2 Å². The van der Waals surface area contributed by atoms with Gasteiger partial charge >= 0.3 is 0 Å². The number of nitrogens with one attached hydrogen (secondary N) is 1. The van der Waals surface area contributed by atoms with Crippen LogP contribution in [0.25, 0.3) is 17.0 Å². The molecule has 7 nitrogen and oxygen atoms in total. The maximum atomic E-state index is 12.5. The van der Waals surface area contributed by atoms with Crippen molar-refractivity contribution in [3.8, 4) is 11.3 Å². The lowest BCUT2D eigenvalue weighted by atomic mass is 9.98. The molecule has 0 aliphatic carbocycles. The molecule has 4 rings (SSSR count). The van der Waals surface area contributed by atoms with Crippen LogP contribution in [0.2, 0.25) is 0 Å². The van der Waals surface area contributed by atoms with Crippen LogP contribution in [0.3, 0.4) is 0 Å². The van der Waals surface area contributed by atoms with Crippen LogP contribution in [0.4, 0.5) is 5.13 Å². The summed E-state index contributed by atoms with van der Waals surface area (Å²) >= 11 is 2.71. The lowest BCUT2D eigenvalue weighted by Gasteiger charge is -2.08. The first-order valence-corrected chi connectivity index (χ1v) is 11.8. The van der Waals surface area contributed by atoms with Crippen LogP contribution in [0, 0.1) is 41.5 Å². The second-order valence-corrected chi connectivity index (χ2v) is 9.46. The Kier molecular flexibility index (Phi) is 5.81. The van der Waals surface area contributed by atoms with Crippen molar-refractivity contribution in [1.29, 1.82) is 0 Å². The summed E-state index contributed by atoms with van der Waals surface area (Å²) < 4.78 is 1.72. The highest BCUT2D eigenvalue weighted by atomic mass is 32.2. The standard InChI is InChI=1S/C22H24N6OS2/c1-11-7-12(2)19(13(3)8-11)17-9-30-21(24-17)25-18(29)10-31-22-26-20-23-15(5)14(4)16(6)28(20)27-22/h7-9H,10H2,1-6H3,(H,24,25,29). The molecule has 0 unspecified atom stereocenters. The van der Waals surface area contributed by atoms with E-state index >= 15 is 0 Å². The fourth-order valence-corrected chi connectivity index (χ4v) is 4.95. The number of hydrogen-bond donors (Lipinski definition) is 1. The molecule has 0 atom stereocenters. The average Bonchev–Trinajstić information content (AvgIpc) is 3.31. The van der Waals surface area contributed by atoms with Crippen LogP contribution < -0.4 is 5.32 Å². The Morgan fingerprint density at radius 2 is 1.77 bits per heavy atom. The number of thioether (sulfide) groups is 1. The predicted molar refractivity (Wildman–Crippen MR) is 126 cm³/mol. The number of hydrogen-bond acceptors (Lipinski definition) is 7. The van der Waals surface area contributed by atoms with E-state index in [1.807, 2.05) is 26.2 Å². The second kappa shape index (κ2) is 8.39. The molecule has 0 saturated heterocycles. The van der Waals surface area contributed by atoms with Gasteiger partial charge in [0.1, 0.15) is 0 Å². The van der Waals surface area contributed by atoms with E-state index < -0.39 is 0 Å². The van der Waals surface area contributed by atoms with Crippen LogP contribution in [-0.2, 0) is 4.79 Å². The van der Waals surface area contributed by atoms with E-state index in [4.69, 9.17) is 0 Å². The van der Waals surface area contributed by atoms with Gasteiger partial charge in [0.25, 0.3) is 5.78 Å². The van der Waals surface area contributed by atoms with E-state index in [0.29, 0.717) is 16.1 Å². The molecule has 4 aromatic rings. The zero-order valence-corrected chi connectivity index (χ0v) is 20.0. The number of rotatable bonds is 5. The van der Waals surface area contributed by atoms with Gasteiger partial charge in [-0.25, -0.2) is 14.5 Å². The second-order valence-electron chi connectivity index (χ2n) is 7.66. The van der Waals surface area contributed by atoms with Gasteiger partial charge in [-0.3, -0.25) is 4.79 Å². The molecule has 0 spiro atoms. The maximum absolute atomic E-state index is 12.5. The van der Waals surface area contributed by atoms with Crippen LogP contribution in [0.15, 0.2) is 22.7 Å². The molecule has 1 amide bonds. The topological polar surface area (TPSA) is 85.1 Å². The Morgan fingerprint density at radius 3 is 2.48 bits per heavy atom. The normalized spacial score (nSPS) is 11.3. The van der Waals surface area contributed by atoms with Gasteiger partial charge in [-0.05, 0) is 58.2 Å². The van der Waals surface area contributed by atoms with Crippen LogP contribution in [0.5, 0.6) is 0 Å². The SMILES string of the molecule is Cc1cc(C)c(-c2csc(NC(=O)CSc3nc4nc(C)c(C)c(C)n4n3)n2)c(C)c1. The maximum Gasteiger partial charge on any atom is 0.253 e. The van der Waals surface area contributed by atoms with Crippen molar-refractivity contribution in [1.82, 2.24) is 24.6 Å². The molecule has 9 heteroatoms. The smallest absolute Gasteiger partial charge is 0.253 e. The van der Waals surface area contributed by atoms with E-state index in [-0.39, 0.29) is 11.7 Å². The van der Waals surface area contributed by atoms with Gasteiger partial charge in [0.2, 0.25) is 11.1 Å². The summed E-state index contributed by atoms with van der Waals surface area (Å²) in [6.07, 6.45) is 0. The Labute approximate surface area is 189 Å². The first-order chi connectivity index (χ1) is 14.7. The molecule has 3 heterocycles. The zero-order valence-electron chi connectivity index (χ0n) is 18.4. The number of benzene rings is 1. The summed E-state index contributed by atoms with van der Waals surface area (Å²) in [6, 6.07) is 4.30. The first kappa shape index (κ1) is 21.5. The van der Waals surface area contributed by atoms with Gasteiger partial charge in [0.15, 0.2) is 5.13 Å². The van der Waals surface area contributed by atoms with Gasteiger partial charge in [-0.2, -0.15) is 4.98 Å². The number of fused-ring (bicyclic) bond motifs is 1. The van der Waals surface area contributed by atoms with Gasteiger partial charge in [0.05, 0.1) is 11.4 Å². The fraction of sp³-hybridized carbons (Fsp3) is 0.318. The third kappa shape index (κ3) is 4.33. The van der Waals surface area contributed by atoms with Crippen molar-refractivity contribution < 1.29 is 4.79 Å². The summed E-state index contributed by atoms with van der Waals surface area (Å²) in [5, 5.41) is 10.5. The molecule has 0 fully saturated rings. The number of nitrogens with zero attached hydrogens (tertiary/aromatic N) is 5. The molecule has 1 N–H and O–H groups in total. The van der Waals surface area contributed by atoms with E-state index in [2.05, 4.69) is 58.3 Å². The lowest BCUT2D eigenvalue weighted by molar-refractivity contribution is -0.113. The summed E-state index contributed by atoms with van der Waals surface area (Å²) in [6.45, 7) is 12.2. The quantitative estimate of drug-likeness (QED) is 0.437. The van der Waals surface area contributed by atoms with Gasteiger partial charge in [-0.1, -0.05) is 29.5 Å².